The minimum absolute atomic E-state index is 0.120. The number of fused-ring (bicyclic) bond motifs is 1. The fourth-order valence-electron chi connectivity index (χ4n) is 2.09. The van der Waals surface area contributed by atoms with Gasteiger partial charge in [-0.25, -0.2) is 4.98 Å². The van der Waals surface area contributed by atoms with Crippen LogP contribution in [0.15, 0.2) is 52.1 Å². The van der Waals surface area contributed by atoms with Gasteiger partial charge in [0.2, 0.25) is 5.89 Å². The van der Waals surface area contributed by atoms with Crippen LogP contribution >= 0.6 is 0 Å². The summed E-state index contributed by atoms with van der Waals surface area (Å²) in [6, 6.07) is 8.61. The molecule has 2 aromatic heterocycles. The lowest BCUT2D eigenvalue weighted by Gasteiger charge is -2.05. The van der Waals surface area contributed by atoms with E-state index in [2.05, 4.69) is 15.0 Å². The number of benzene rings is 1. The Morgan fingerprint density at radius 2 is 2.25 bits per heavy atom. The minimum Gasteiger partial charge on any atom is -0.506 e. The molecule has 0 radical (unpaired) electrons. The van der Waals surface area contributed by atoms with E-state index in [4.69, 9.17) is 14.9 Å². The van der Waals surface area contributed by atoms with E-state index in [0.717, 1.165) is 0 Å². The molecule has 0 fully saturated rings. The molecule has 7 heteroatoms. The number of aromatic hydroxyl groups is 1. The average Bonchev–Trinajstić information content (AvgIpc) is 3.02. The van der Waals surface area contributed by atoms with Gasteiger partial charge in [-0.15, -0.1) is 0 Å². The molecule has 0 amide bonds. The molecule has 0 saturated carbocycles. The van der Waals surface area contributed by atoms with Crippen LogP contribution in [0, 0.1) is 0 Å². The number of hydrogen-bond acceptors (Lipinski definition) is 7. The normalized spacial score (nSPS) is 12.1. The summed E-state index contributed by atoms with van der Waals surface area (Å²) < 4.78 is 11.4. The van der Waals surface area contributed by atoms with Crippen LogP contribution in [0.4, 0.5) is 0 Å². The number of pyridine rings is 1. The highest BCUT2D eigenvalue weighted by Gasteiger charge is 2.10. The van der Waals surface area contributed by atoms with Gasteiger partial charge in [-0.05, 0) is 24.3 Å². The van der Waals surface area contributed by atoms with E-state index in [1.165, 1.54) is 12.4 Å². The van der Waals surface area contributed by atoms with Gasteiger partial charge in [0, 0.05) is 25.5 Å². The number of allylic oxidation sites excluding steroid dienone is 1. The van der Waals surface area contributed by atoms with Crippen molar-refractivity contribution in [3.8, 4) is 11.5 Å². The summed E-state index contributed by atoms with van der Waals surface area (Å²) in [7, 11) is 1.65. The zero-order valence-electron chi connectivity index (χ0n) is 13.0. The number of nitrogens with two attached hydrogens (primary N) is 1. The number of ether oxygens (including phenoxy) is 1. The predicted molar refractivity (Wildman–Crippen MR) is 90.8 cm³/mol. The molecule has 0 aliphatic carbocycles. The molecule has 0 atom stereocenters. The van der Waals surface area contributed by atoms with Crippen LogP contribution in [0.3, 0.4) is 0 Å². The lowest BCUT2D eigenvalue weighted by molar-refractivity contribution is 0.301. The Labute approximate surface area is 138 Å². The molecule has 0 aliphatic rings. The first-order valence-electron chi connectivity index (χ1n) is 7.21. The summed E-state index contributed by atoms with van der Waals surface area (Å²) in [5.74, 6) is 1.16. The van der Waals surface area contributed by atoms with Crippen molar-refractivity contribution in [3.63, 3.8) is 0 Å². The molecule has 122 valence electrons. The molecular formula is C17H16N4O3. The number of aromatic nitrogens is 2. The maximum absolute atomic E-state index is 9.22. The van der Waals surface area contributed by atoms with Gasteiger partial charge in [0.1, 0.15) is 23.6 Å². The quantitative estimate of drug-likeness (QED) is 0.698. The van der Waals surface area contributed by atoms with Gasteiger partial charge in [0.05, 0.1) is 17.5 Å². The van der Waals surface area contributed by atoms with E-state index in [1.807, 2.05) is 0 Å². The summed E-state index contributed by atoms with van der Waals surface area (Å²) in [4.78, 5) is 12.4. The summed E-state index contributed by atoms with van der Waals surface area (Å²) in [5.41, 5.74) is 8.16. The van der Waals surface area contributed by atoms with Crippen LogP contribution in [0.5, 0.6) is 11.5 Å². The molecule has 3 rings (SSSR count). The van der Waals surface area contributed by atoms with Gasteiger partial charge in [-0.3, -0.25) is 9.98 Å². The van der Waals surface area contributed by atoms with E-state index in [0.29, 0.717) is 34.0 Å². The van der Waals surface area contributed by atoms with Crippen molar-refractivity contribution < 1.29 is 14.3 Å². The smallest absolute Gasteiger partial charge is 0.230 e. The molecule has 0 aliphatic heterocycles. The van der Waals surface area contributed by atoms with Crippen LogP contribution in [0.2, 0.25) is 0 Å². The number of oxazole rings is 1. The molecule has 0 bridgehead atoms. The minimum atomic E-state index is 0.120. The molecule has 24 heavy (non-hydrogen) atoms. The Balaban J connectivity index is 1.79. The van der Waals surface area contributed by atoms with E-state index in [-0.39, 0.29) is 12.4 Å². The third-order valence-corrected chi connectivity index (χ3v) is 3.25. The van der Waals surface area contributed by atoms with Crippen molar-refractivity contribution in [1.29, 1.82) is 0 Å². The first-order valence-corrected chi connectivity index (χ1v) is 7.21. The standard InChI is InChI=1S/C17H16N4O3/c1-19-8-11(7-18)17-21-15-6-14(4-5-16(15)24-17)23-10-12-2-3-13(22)9-20-12/h2-9,22H,10,18H2,1H3/b11-7+,19-8?. The van der Waals surface area contributed by atoms with Crippen LogP contribution in [0.25, 0.3) is 16.7 Å². The van der Waals surface area contributed by atoms with Crippen LogP contribution in [-0.4, -0.2) is 28.3 Å². The lowest BCUT2D eigenvalue weighted by atomic mass is 10.3. The van der Waals surface area contributed by atoms with Gasteiger partial charge >= 0.3 is 0 Å². The second-order valence-corrected chi connectivity index (χ2v) is 4.95. The number of nitrogens with zero attached hydrogens (tertiary/aromatic N) is 3. The van der Waals surface area contributed by atoms with Gasteiger partial charge < -0.3 is 20.0 Å². The highest BCUT2D eigenvalue weighted by Crippen LogP contribution is 2.24. The summed E-state index contributed by atoms with van der Waals surface area (Å²) >= 11 is 0. The Hall–Kier alpha value is -3.35. The topological polar surface area (TPSA) is 107 Å². The Bertz CT molecular complexity index is 898. The van der Waals surface area contributed by atoms with E-state index in [1.54, 1.807) is 43.6 Å². The summed E-state index contributed by atoms with van der Waals surface area (Å²) in [6.45, 7) is 0.285. The highest BCUT2D eigenvalue weighted by atomic mass is 16.5. The van der Waals surface area contributed by atoms with Crippen LogP contribution in [0.1, 0.15) is 11.6 Å². The number of aliphatic imine (C=N–C) groups is 1. The third-order valence-electron chi connectivity index (χ3n) is 3.25. The van der Waals surface area contributed by atoms with Crippen molar-refractivity contribution in [3.05, 3.63) is 54.3 Å². The van der Waals surface area contributed by atoms with Gasteiger partial charge in [0.25, 0.3) is 0 Å². The van der Waals surface area contributed by atoms with E-state index < -0.39 is 0 Å². The average molecular weight is 324 g/mol. The molecule has 0 unspecified atom stereocenters. The number of hydrogen-bond donors (Lipinski definition) is 2. The Kier molecular flexibility index (Phi) is 4.42. The molecule has 7 nitrogen and oxygen atoms in total. The molecule has 1 aromatic carbocycles. The molecule has 0 saturated heterocycles. The third kappa shape index (κ3) is 3.35. The van der Waals surface area contributed by atoms with Crippen molar-refractivity contribution in [1.82, 2.24) is 9.97 Å². The van der Waals surface area contributed by atoms with Crippen LogP contribution in [-0.2, 0) is 6.61 Å². The first-order chi connectivity index (χ1) is 11.7. The zero-order valence-corrected chi connectivity index (χ0v) is 13.0. The van der Waals surface area contributed by atoms with Gasteiger partial charge in [-0.1, -0.05) is 0 Å². The maximum atomic E-state index is 9.22. The van der Waals surface area contributed by atoms with Crippen molar-refractivity contribution >= 4 is 22.9 Å². The largest absolute Gasteiger partial charge is 0.506 e. The maximum Gasteiger partial charge on any atom is 0.230 e. The van der Waals surface area contributed by atoms with Crippen LogP contribution < -0.4 is 10.5 Å². The van der Waals surface area contributed by atoms with E-state index >= 15 is 0 Å². The molecule has 3 aromatic rings. The fraction of sp³-hybridized carbons (Fsp3) is 0.118. The van der Waals surface area contributed by atoms with E-state index in [9.17, 15) is 5.11 Å². The number of rotatable bonds is 5. The molecule has 0 spiro atoms. The molecule has 3 N–H and O–H groups in total. The summed E-state index contributed by atoms with van der Waals surface area (Å²) in [5, 5.41) is 9.22. The first kappa shape index (κ1) is 15.5. The monoisotopic (exact) mass is 324 g/mol. The second-order valence-electron chi connectivity index (χ2n) is 4.95. The second kappa shape index (κ2) is 6.82. The van der Waals surface area contributed by atoms with Crippen molar-refractivity contribution in [2.75, 3.05) is 7.05 Å². The predicted octanol–water partition coefficient (Wildman–Crippen LogP) is 2.51. The Morgan fingerprint density at radius 1 is 1.38 bits per heavy atom. The molecular weight excluding hydrogens is 308 g/mol. The lowest BCUT2D eigenvalue weighted by Crippen LogP contribution is -1.97. The zero-order chi connectivity index (χ0) is 16.9. The summed E-state index contributed by atoms with van der Waals surface area (Å²) in [6.07, 6.45) is 4.35. The SMILES string of the molecule is CN=C/C(=C\N)c1nc2cc(OCc3ccc(O)cn3)ccc2o1. The van der Waals surface area contributed by atoms with Gasteiger partial charge in [-0.2, -0.15) is 0 Å². The van der Waals surface area contributed by atoms with Crippen molar-refractivity contribution in [2.45, 2.75) is 6.61 Å². The highest BCUT2D eigenvalue weighted by molar-refractivity contribution is 6.08. The molecule has 2 heterocycles. The fourth-order valence-corrected chi connectivity index (χ4v) is 2.09. The Morgan fingerprint density at radius 3 is 2.96 bits per heavy atom. The van der Waals surface area contributed by atoms with Gasteiger partial charge in [0.15, 0.2) is 5.58 Å². The van der Waals surface area contributed by atoms with Crippen molar-refractivity contribution in [2.24, 2.45) is 10.7 Å².